The van der Waals surface area contributed by atoms with E-state index in [1.165, 1.54) is 6.92 Å². The number of carbonyl (C=O) groups excluding carboxylic acids is 1. The van der Waals surface area contributed by atoms with Crippen molar-refractivity contribution in [2.75, 3.05) is 26.2 Å². The van der Waals surface area contributed by atoms with Gasteiger partial charge >= 0.3 is 24.0 Å². The first kappa shape index (κ1) is 19.4. The van der Waals surface area contributed by atoms with Crippen molar-refractivity contribution in [3.63, 3.8) is 0 Å². The highest BCUT2D eigenvalue weighted by Gasteiger charge is 2.75. The molecule has 0 unspecified atom stereocenters. The number of amides is 1. The number of hydrogen-bond donors (Lipinski definition) is 1. The minimum atomic E-state index is -5.88. The van der Waals surface area contributed by atoms with Crippen LogP contribution < -0.4 is 5.32 Å². The number of nitrogens with one attached hydrogen (secondary N) is 1. The molecule has 0 aromatic heterocycles. The molecule has 1 aromatic rings. The summed E-state index contributed by atoms with van der Waals surface area (Å²) in [6.45, 7) is 1.94. The molecule has 10 heteroatoms. The van der Waals surface area contributed by atoms with E-state index in [0.717, 1.165) is 17.0 Å². The van der Waals surface area contributed by atoms with Gasteiger partial charge in [0.05, 0.1) is 0 Å². The normalized spacial score (nSPS) is 16.7. The van der Waals surface area contributed by atoms with Gasteiger partial charge in [0.1, 0.15) is 0 Å². The maximum absolute atomic E-state index is 13.6. The third-order valence-corrected chi connectivity index (χ3v) is 3.87. The number of rotatable bonds is 2. The molecule has 1 fully saturated rings. The van der Waals surface area contributed by atoms with E-state index < -0.39 is 29.6 Å². The lowest BCUT2D eigenvalue weighted by Crippen LogP contribution is -2.59. The van der Waals surface area contributed by atoms with Gasteiger partial charge in [-0.05, 0) is 6.92 Å². The molecule has 0 aliphatic carbocycles. The van der Waals surface area contributed by atoms with Gasteiger partial charge in [-0.2, -0.15) is 26.3 Å². The van der Waals surface area contributed by atoms with Crippen LogP contribution in [0.15, 0.2) is 24.3 Å². The van der Waals surface area contributed by atoms with E-state index in [4.69, 9.17) is 0 Å². The van der Waals surface area contributed by atoms with Crippen molar-refractivity contribution in [3.8, 4) is 0 Å². The number of benzene rings is 1. The molecule has 4 nitrogen and oxygen atoms in total. The van der Waals surface area contributed by atoms with Gasteiger partial charge in [0.25, 0.3) is 0 Å². The highest BCUT2D eigenvalue weighted by Crippen LogP contribution is 2.53. The Balaban J connectivity index is 2.50. The minimum Gasteiger partial charge on any atom is -0.418 e. The molecular weight excluding hydrogens is 354 g/mol. The van der Waals surface area contributed by atoms with E-state index in [2.05, 4.69) is 10.1 Å². The maximum Gasteiger partial charge on any atom is 0.442 e. The predicted octanol–water partition coefficient (Wildman–Crippen LogP) is 3.36. The molecule has 140 valence electrons. The molecule has 1 amide bonds. The zero-order chi connectivity index (χ0) is 18.9. The smallest absolute Gasteiger partial charge is 0.418 e. The zero-order valence-electron chi connectivity index (χ0n) is 13.2. The third kappa shape index (κ3) is 3.68. The predicted molar refractivity (Wildman–Crippen MR) is 75.9 cm³/mol. The van der Waals surface area contributed by atoms with E-state index in [1.54, 1.807) is 0 Å². The van der Waals surface area contributed by atoms with Crippen LogP contribution in [0.5, 0.6) is 0 Å². The first-order valence-electron chi connectivity index (χ1n) is 7.38. The van der Waals surface area contributed by atoms with E-state index in [0.29, 0.717) is 17.7 Å². The van der Waals surface area contributed by atoms with Crippen LogP contribution in [0.25, 0.3) is 0 Å². The van der Waals surface area contributed by atoms with Gasteiger partial charge in [0, 0.05) is 31.7 Å². The minimum absolute atomic E-state index is 0.0431. The average molecular weight is 370 g/mol. The molecule has 25 heavy (non-hydrogen) atoms. The number of carbonyl (C=O) groups is 1. The molecule has 0 spiro atoms. The monoisotopic (exact) mass is 370 g/mol. The van der Waals surface area contributed by atoms with Crippen molar-refractivity contribution < 1.29 is 35.9 Å². The van der Waals surface area contributed by atoms with Crippen molar-refractivity contribution in [2.24, 2.45) is 0 Å². The van der Waals surface area contributed by atoms with E-state index >= 15 is 0 Å². The molecule has 1 aliphatic heterocycles. The quantitative estimate of drug-likeness (QED) is 0.812. The summed E-state index contributed by atoms with van der Waals surface area (Å²) in [6.07, 6.45) is -13.4. The molecular formula is C15H16F6N2O2. The van der Waals surface area contributed by atoms with Gasteiger partial charge in [-0.25, -0.2) is 4.79 Å². The van der Waals surface area contributed by atoms with Crippen LogP contribution in [-0.2, 0) is 10.3 Å². The molecule has 0 bridgehead atoms. The van der Waals surface area contributed by atoms with E-state index in [-0.39, 0.29) is 26.2 Å². The Hall–Kier alpha value is -1.97. The lowest BCUT2D eigenvalue weighted by Gasteiger charge is -2.38. The first-order valence-corrected chi connectivity index (χ1v) is 7.38. The number of aryl methyl sites for hydroxylation is 1. The van der Waals surface area contributed by atoms with E-state index in [1.807, 2.05) is 0 Å². The largest absolute Gasteiger partial charge is 0.442 e. The number of alkyl halides is 6. The first-order chi connectivity index (χ1) is 11.5. The Bertz CT molecular complexity index is 592. The second kappa shape index (κ2) is 6.74. The van der Waals surface area contributed by atoms with Crippen molar-refractivity contribution in [2.45, 2.75) is 24.9 Å². The van der Waals surface area contributed by atoms with Gasteiger partial charge in [0.15, 0.2) is 0 Å². The molecule has 0 radical (unpaired) electrons. The van der Waals surface area contributed by atoms with Gasteiger partial charge < -0.3 is 15.0 Å². The second-order valence-electron chi connectivity index (χ2n) is 5.65. The number of ether oxygens (including phenoxy) is 1. The lowest BCUT2D eigenvalue weighted by molar-refractivity contribution is -0.374. The fraction of sp³-hybridized carbons (Fsp3) is 0.533. The highest BCUT2D eigenvalue weighted by atomic mass is 19.4. The molecule has 1 aromatic carbocycles. The SMILES string of the molecule is Cc1ccc(C(OC(=O)N2CCNCC2)(C(F)(F)F)C(F)(F)F)cc1. The third-order valence-electron chi connectivity index (χ3n) is 3.87. The van der Waals surface area contributed by atoms with Crippen LogP contribution in [0, 0.1) is 6.92 Å². The van der Waals surface area contributed by atoms with Crippen LogP contribution in [0.2, 0.25) is 0 Å². The summed E-state index contributed by atoms with van der Waals surface area (Å²) in [5, 5.41) is 2.84. The Labute approximate surface area is 139 Å². The van der Waals surface area contributed by atoms with E-state index in [9.17, 15) is 31.1 Å². The van der Waals surface area contributed by atoms with Crippen LogP contribution in [0.1, 0.15) is 11.1 Å². The summed E-state index contributed by atoms with van der Waals surface area (Å²) in [7, 11) is 0. The second-order valence-corrected chi connectivity index (χ2v) is 5.65. The van der Waals surface area contributed by atoms with Gasteiger partial charge in [0.2, 0.25) is 0 Å². The molecule has 2 rings (SSSR count). The highest BCUT2D eigenvalue weighted by molar-refractivity contribution is 5.69. The molecule has 1 heterocycles. The summed E-state index contributed by atoms with van der Waals surface area (Å²) in [5.74, 6) is 0. The van der Waals surface area contributed by atoms with Crippen LogP contribution >= 0.6 is 0 Å². The maximum atomic E-state index is 13.6. The fourth-order valence-electron chi connectivity index (χ4n) is 2.49. The van der Waals surface area contributed by atoms with Crippen molar-refractivity contribution in [3.05, 3.63) is 35.4 Å². The van der Waals surface area contributed by atoms with Gasteiger partial charge in [-0.15, -0.1) is 0 Å². The molecule has 0 atom stereocenters. The molecule has 1 N–H and O–H groups in total. The Morgan fingerprint density at radius 1 is 1.00 bits per heavy atom. The molecule has 1 saturated heterocycles. The van der Waals surface area contributed by atoms with Crippen LogP contribution in [0.3, 0.4) is 0 Å². The van der Waals surface area contributed by atoms with Crippen molar-refractivity contribution >= 4 is 6.09 Å². The number of hydrogen-bond acceptors (Lipinski definition) is 3. The summed E-state index contributed by atoms with van der Waals surface area (Å²) >= 11 is 0. The molecule has 0 saturated carbocycles. The number of nitrogens with zero attached hydrogens (tertiary/aromatic N) is 1. The number of piperazine rings is 1. The van der Waals surface area contributed by atoms with Gasteiger partial charge in [-0.1, -0.05) is 29.8 Å². The Morgan fingerprint density at radius 3 is 1.92 bits per heavy atom. The van der Waals surface area contributed by atoms with Gasteiger partial charge in [-0.3, -0.25) is 0 Å². The van der Waals surface area contributed by atoms with Crippen molar-refractivity contribution in [1.29, 1.82) is 0 Å². The Kier molecular flexibility index (Phi) is 5.22. The summed E-state index contributed by atoms with van der Waals surface area (Å²) in [6, 6.07) is 3.53. The van der Waals surface area contributed by atoms with Crippen molar-refractivity contribution in [1.82, 2.24) is 10.2 Å². The van der Waals surface area contributed by atoms with Crippen LogP contribution in [-0.4, -0.2) is 49.5 Å². The summed E-state index contributed by atoms with van der Waals surface area (Å²) < 4.78 is 85.5. The number of halogens is 6. The fourth-order valence-corrected chi connectivity index (χ4v) is 2.49. The lowest BCUT2D eigenvalue weighted by atomic mass is 9.91. The Morgan fingerprint density at radius 2 is 1.48 bits per heavy atom. The summed E-state index contributed by atoms with van der Waals surface area (Å²) in [5.41, 5.74) is -5.45. The molecule has 1 aliphatic rings. The topological polar surface area (TPSA) is 41.6 Å². The standard InChI is InChI=1S/C15H16F6N2O2/c1-10-2-4-11(5-3-10)13(14(16,17)18,15(19,20)21)25-12(24)23-8-6-22-7-9-23/h2-5,22H,6-9H2,1H3. The summed E-state index contributed by atoms with van der Waals surface area (Å²) in [4.78, 5) is 12.8. The van der Waals surface area contributed by atoms with Crippen LogP contribution in [0.4, 0.5) is 31.1 Å². The zero-order valence-corrected chi connectivity index (χ0v) is 13.2. The average Bonchev–Trinajstić information content (AvgIpc) is 2.52.